The number of nitrogens with one attached hydrogen (secondary N) is 1. The first-order chi connectivity index (χ1) is 10.9. The fourth-order valence-electron chi connectivity index (χ4n) is 2.83. The topological polar surface area (TPSA) is 83.5 Å². The number of benzene rings is 1. The van der Waals surface area contributed by atoms with Gasteiger partial charge in [0.2, 0.25) is 5.91 Å². The molecule has 1 aromatic carbocycles. The van der Waals surface area contributed by atoms with Crippen LogP contribution in [-0.2, 0) is 21.5 Å². The highest BCUT2D eigenvalue weighted by molar-refractivity contribution is 7.84. The third-order valence-corrected chi connectivity index (χ3v) is 4.58. The fourth-order valence-corrected chi connectivity index (χ4v) is 3.22. The molecular weight excluding hydrogens is 326 g/mol. The van der Waals surface area contributed by atoms with Gasteiger partial charge in [-0.15, -0.1) is 0 Å². The van der Waals surface area contributed by atoms with E-state index in [1.165, 1.54) is 16.7 Å². The van der Waals surface area contributed by atoms with Crippen molar-refractivity contribution in [3.63, 3.8) is 0 Å². The average Bonchev–Trinajstić information content (AvgIpc) is 2.41. The second-order valence-corrected chi connectivity index (χ2v) is 8.30. The second-order valence-electron chi connectivity index (χ2n) is 7.14. The van der Waals surface area contributed by atoms with Crippen LogP contribution < -0.4 is 4.72 Å². The molecule has 2 N–H and O–H groups in total. The molecule has 5 nitrogen and oxygen atoms in total. The van der Waals surface area contributed by atoms with Crippen LogP contribution in [0, 0.1) is 0 Å². The van der Waals surface area contributed by atoms with Gasteiger partial charge in [0.15, 0.2) is 0 Å². The van der Waals surface area contributed by atoms with E-state index in [0.717, 1.165) is 5.56 Å². The van der Waals surface area contributed by atoms with Crippen molar-refractivity contribution in [3.05, 3.63) is 34.4 Å². The molecule has 1 rings (SSSR count). The van der Waals surface area contributed by atoms with Crippen molar-refractivity contribution in [2.24, 2.45) is 0 Å². The number of hydrogen-bond acceptors (Lipinski definition) is 3. The molecule has 0 unspecified atom stereocenters. The minimum atomic E-state index is -4.50. The van der Waals surface area contributed by atoms with Crippen LogP contribution in [0.1, 0.15) is 88.0 Å². The molecule has 0 atom stereocenters. The average molecular weight is 356 g/mol. The number of amides is 1. The summed E-state index contributed by atoms with van der Waals surface area (Å²) in [5, 5.41) is 0. The molecule has 0 radical (unpaired) electrons. The van der Waals surface area contributed by atoms with Gasteiger partial charge in [0.05, 0.1) is 0 Å². The summed E-state index contributed by atoms with van der Waals surface area (Å²) < 4.78 is 31.8. The van der Waals surface area contributed by atoms with Crippen molar-refractivity contribution in [2.75, 3.05) is 0 Å². The molecule has 0 spiro atoms. The van der Waals surface area contributed by atoms with Gasteiger partial charge >= 0.3 is 10.3 Å². The third kappa shape index (κ3) is 5.91. The van der Waals surface area contributed by atoms with Crippen LogP contribution in [0.5, 0.6) is 0 Å². The molecule has 1 amide bonds. The monoisotopic (exact) mass is 355 g/mol. The van der Waals surface area contributed by atoms with Crippen molar-refractivity contribution in [2.45, 2.75) is 72.1 Å². The van der Waals surface area contributed by atoms with E-state index >= 15 is 0 Å². The summed E-state index contributed by atoms with van der Waals surface area (Å²) in [6.45, 7) is 12.8. The van der Waals surface area contributed by atoms with E-state index in [0.29, 0.717) is 24.2 Å². The first kappa shape index (κ1) is 20.6. The van der Waals surface area contributed by atoms with Gasteiger partial charge in [-0.2, -0.15) is 8.42 Å². The maximum Gasteiger partial charge on any atom is 0.359 e. The lowest BCUT2D eigenvalue weighted by molar-refractivity contribution is -0.119. The summed E-state index contributed by atoms with van der Waals surface area (Å²) >= 11 is 0. The summed E-state index contributed by atoms with van der Waals surface area (Å²) in [6, 6.07) is 4.38. The van der Waals surface area contributed by atoms with E-state index in [2.05, 4.69) is 53.7 Å². The van der Waals surface area contributed by atoms with Gasteiger partial charge in [0, 0.05) is 6.42 Å². The van der Waals surface area contributed by atoms with Gasteiger partial charge in [-0.25, -0.2) is 4.72 Å². The van der Waals surface area contributed by atoms with Gasteiger partial charge in [-0.3, -0.25) is 9.35 Å². The van der Waals surface area contributed by atoms with Crippen molar-refractivity contribution in [3.8, 4) is 0 Å². The lowest BCUT2D eigenvalue weighted by atomic mass is 9.83. The second kappa shape index (κ2) is 8.12. The smallest absolute Gasteiger partial charge is 0.274 e. The third-order valence-electron chi connectivity index (χ3n) is 4.10. The number of carbonyl (C=O) groups excluding carboxylic acids is 1. The zero-order chi connectivity index (χ0) is 18.7. The summed E-state index contributed by atoms with van der Waals surface area (Å²) in [6.07, 6.45) is 0.459. The maximum absolute atomic E-state index is 11.7. The summed E-state index contributed by atoms with van der Waals surface area (Å²) in [4.78, 5) is 11.7. The predicted octanol–water partition coefficient (Wildman–Crippen LogP) is 3.91. The Hall–Kier alpha value is -1.40. The largest absolute Gasteiger partial charge is 0.359 e. The molecule has 0 fully saturated rings. The maximum atomic E-state index is 11.7. The lowest BCUT2D eigenvalue weighted by Crippen LogP contribution is -2.30. The molecule has 136 valence electrons. The minimum Gasteiger partial charge on any atom is -0.274 e. The Balaban J connectivity index is 3.22. The Bertz CT molecular complexity index is 662. The van der Waals surface area contributed by atoms with Crippen LogP contribution in [0.4, 0.5) is 0 Å². The first-order valence-corrected chi connectivity index (χ1v) is 9.81. The Morgan fingerprint density at radius 2 is 1.46 bits per heavy atom. The van der Waals surface area contributed by atoms with Crippen molar-refractivity contribution >= 4 is 16.2 Å². The molecule has 0 saturated heterocycles. The highest BCUT2D eigenvalue weighted by Gasteiger charge is 2.18. The molecule has 0 saturated carbocycles. The minimum absolute atomic E-state index is 0.0141. The molecule has 6 heteroatoms. The van der Waals surface area contributed by atoms with Crippen molar-refractivity contribution in [1.82, 2.24) is 4.72 Å². The first-order valence-electron chi connectivity index (χ1n) is 8.37. The summed E-state index contributed by atoms with van der Waals surface area (Å²) in [5.74, 6) is 0.327. The summed E-state index contributed by atoms with van der Waals surface area (Å²) in [5.41, 5.74) is 4.78. The fraction of sp³-hybridized carbons (Fsp3) is 0.611. The standard InChI is InChI=1S/C18H29NO4S/c1-11(2)14-9-16(12(3)4)15(17(10-14)13(5)6)7-8-18(20)19-24(21,22)23/h9-13H,7-8H2,1-6H3,(H,19,20)(H,21,22,23). The van der Waals surface area contributed by atoms with Crippen LogP contribution >= 0.6 is 0 Å². The normalized spacial score (nSPS) is 12.2. The molecule has 0 aromatic heterocycles. The molecular formula is C18H29NO4S. The molecule has 0 aliphatic carbocycles. The van der Waals surface area contributed by atoms with Gasteiger partial charge in [0.1, 0.15) is 0 Å². The van der Waals surface area contributed by atoms with Gasteiger partial charge in [0.25, 0.3) is 0 Å². The van der Waals surface area contributed by atoms with Crippen LogP contribution in [-0.4, -0.2) is 18.9 Å². The highest BCUT2D eigenvalue weighted by Crippen LogP contribution is 2.32. The van der Waals surface area contributed by atoms with Crippen LogP contribution in [0.2, 0.25) is 0 Å². The number of hydrogen-bond donors (Lipinski definition) is 2. The summed E-state index contributed by atoms with van der Waals surface area (Å²) in [7, 11) is -4.50. The molecule has 0 heterocycles. The van der Waals surface area contributed by atoms with Crippen LogP contribution in [0.15, 0.2) is 12.1 Å². The van der Waals surface area contributed by atoms with Crippen LogP contribution in [0.3, 0.4) is 0 Å². The molecule has 0 bridgehead atoms. The predicted molar refractivity (Wildman–Crippen MR) is 96.7 cm³/mol. The van der Waals surface area contributed by atoms with E-state index < -0.39 is 16.2 Å². The van der Waals surface area contributed by atoms with Crippen molar-refractivity contribution in [1.29, 1.82) is 0 Å². The highest BCUT2D eigenvalue weighted by atomic mass is 32.2. The Morgan fingerprint density at radius 1 is 1.00 bits per heavy atom. The van der Waals surface area contributed by atoms with Crippen molar-refractivity contribution < 1.29 is 17.8 Å². The van der Waals surface area contributed by atoms with E-state index in [1.807, 2.05) is 0 Å². The van der Waals surface area contributed by atoms with E-state index in [1.54, 1.807) is 4.72 Å². The van der Waals surface area contributed by atoms with E-state index in [-0.39, 0.29) is 6.42 Å². The Labute approximate surface area is 145 Å². The Kier molecular flexibility index (Phi) is 6.98. The Morgan fingerprint density at radius 3 is 1.79 bits per heavy atom. The number of carbonyl (C=O) groups is 1. The number of rotatable bonds is 7. The molecule has 1 aromatic rings. The zero-order valence-electron chi connectivity index (χ0n) is 15.4. The molecule has 24 heavy (non-hydrogen) atoms. The van der Waals surface area contributed by atoms with Gasteiger partial charge in [-0.05, 0) is 46.4 Å². The molecule has 0 aliphatic heterocycles. The van der Waals surface area contributed by atoms with Gasteiger partial charge in [-0.1, -0.05) is 53.7 Å². The SMILES string of the molecule is CC(C)c1cc(C(C)C)c(CCC(=O)NS(=O)(=O)O)c(C(C)C)c1. The van der Waals surface area contributed by atoms with E-state index in [9.17, 15) is 13.2 Å². The zero-order valence-corrected chi connectivity index (χ0v) is 16.2. The molecule has 0 aliphatic rings. The lowest BCUT2D eigenvalue weighted by Gasteiger charge is -2.23. The van der Waals surface area contributed by atoms with E-state index in [4.69, 9.17) is 4.55 Å². The van der Waals surface area contributed by atoms with Gasteiger partial charge < -0.3 is 0 Å². The quantitative estimate of drug-likeness (QED) is 0.726. The van der Waals surface area contributed by atoms with Crippen LogP contribution in [0.25, 0.3) is 0 Å².